The van der Waals surface area contributed by atoms with Gasteiger partial charge in [-0.3, -0.25) is 0 Å². The molecule has 0 spiro atoms. The number of hydrogen-bond donors (Lipinski definition) is 1. The van der Waals surface area contributed by atoms with Crippen LogP contribution in [0.25, 0.3) is 0 Å². The van der Waals surface area contributed by atoms with Crippen LogP contribution in [0.5, 0.6) is 0 Å². The van der Waals surface area contributed by atoms with Gasteiger partial charge >= 0.3 is 12.2 Å². The lowest BCUT2D eigenvalue weighted by Crippen LogP contribution is -2.48. The number of piperazine rings is 1. The van der Waals surface area contributed by atoms with E-state index in [1.807, 2.05) is 7.05 Å². The molecular formula is C13H16F3N3O. The average Bonchev–Trinajstić information content (AvgIpc) is 2.39. The Hall–Kier alpha value is -1.76. The van der Waals surface area contributed by atoms with Gasteiger partial charge in [0.05, 0.1) is 5.56 Å². The lowest BCUT2D eigenvalue weighted by Gasteiger charge is -2.32. The molecule has 7 heteroatoms. The van der Waals surface area contributed by atoms with Crippen LogP contribution in [0.2, 0.25) is 0 Å². The summed E-state index contributed by atoms with van der Waals surface area (Å²) in [5.41, 5.74) is -0.364. The van der Waals surface area contributed by atoms with Crippen molar-refractivity contribution in [3.8, 4) is 0 Å². The van der Waals surface area contributed by atoms with E-state index in [1.54, 1.807) is 4.90 Å². The van der Waals surface area contributed by atoms with E-state index in [2.05, 4.69) is 10.2 Å². The molecule has 2 rings (SSSR count). The van der Waals surface area contributed by atoms with Crippen LogP contribution in [0.4, 0.5) is 23.7 Å². The number of carbonyl (C=O) groups excluding carboxylic acids is 1. The third kappa shape index (κ3) is 3.63. The minimum absolute atomic E-state index is 0.280. The van der Waals surface area contributed by atoms with Gasteiger partial charge < -0.3 is 15.1 Å². The van der Waals surface area contributed by atoms with E-state index in [-0.39, 0.29) is 6.03 Å². The Morgan fingerprint density at radius 2 is 1.65 bits per heavy atom. The van der Waals surface area contributed by atoms with Gasteiger partial charge in [-0.05, 0) is 31.3 Å². The zero-order chi connectivity index (χ0) is 14.8. The number of halogens is 3. The van der Waals surface area contributed by atoms with Gasteiger partial charge in [0.2, 0.25) is 0 Å². The van der Waals surface area contributed by atoms with Crippen LogP contribution in [-0.2, 0) is 6.18 Å². The molecule has 1 aliphatic rings. The molecule has 1 aromatic rings. The maximum atomic E-state index is 12.4. The molecule has 0 saturated carbocycles. The molecule has 0 unspecified atom stereocenters. The summed E-state index contributed by atoms with van der Waals surface area (Å²) in [5.74, 6) is 0. The van der Waals surface area contributed by atoms with Crippen molar-refractivity contribution in [2.24, 2.45) is 0 Å². The normalized spacial score (nSPS) is 17.1. The highest BCUT2D eigenvalue weighted by molar-refractivity contribution is 5.89. The molecule has 20 heavy (non-hydrogen) atoms. The molecule has 0 aliphatic carbocycles. The Labute approximate surface area is 115 Å². The predicted octanol–water partition coefficient (Wildman–Crippen LogP) is 2.48. The molecule has 1 aliphatic heterocycles. The lowest BCUT2D eigenvalue weighted by molar-refractivity contribution is -0.137. The molecule has 0 atom stereocenters. The number of rotatable bonds is 1. The monoisotopic (exact) mass is 287 g/mol. The van der Waals surface area contributed by atoms with E-state index < -0.39 is 11.7 Å². The Morgan fingerprint density at radius 3 is 2.15 bits per heavy atom. The summed E-state index contributed by atoms with van der Waals surface area (Å²) in [6.45, 7) is 2.81. The van der Waals surface area contributed by atoms with E-state index in [4.69, 9.17) is 0 Å². The summed E-state index contributed by atoms with van der Waals surface area (Å²) in [7, 11) is 1.98. The summed E-state index contributed by atoms with van der Waals surface area (Å²) in [6.07, 6.45) is -4.36. The van der Waals surface area contributed by atoms with Crippen molar-refractivity contribution in [2.45, 2.75) is 6.18 Å². The molecule has 1 N–H and O–H groups in total. The summed E-state index contributed by atoms with van der Waals surface area (Å²) >= 11 is 0. The van der Waals surface area contributed by atoms with Crippen LogP contribution < -0.4 is 5.32 Å². The fourth-order valence-electron chi connectivity index (χ4n) is 1.95. The van der Waals surface area contributed by atoms with Crippen molar-refractivity contribution in [1.82, 2.24) is 9.80 Å². The van der Waals surface area contributed by atoms with Gasteiger partial charge in [0.15, 0.2) is 0 Å². The first-order valence-electron chi connectivity index (χ1n) is 6.28. The van der Waals surface area contributed by atoms with Gasteiger partial charge in [-0.25, -0.2) is 4.79 Å². The van der Waals surface area contributed by atoms with Crippen LogP contribution in [0, 0.1) is 0 Å². The van der Waals surface area contributed by atoms with Crippen molar-refractivity contribution in [3.05, 3.63) is 29.8 Å². The summed E-state index contributed by atoms with van der Waals surface area (Å²) in [4.78, 5) is 15.7. The van der Waals surface area contributed by atoms with Crippen LogP contribution >= 0.6 is 0 Å². The zero-order valence-electron chi connectivity index (χ0n) is 11.1. The molecule has 1 saturated heterocycles. The van der Waals surface area contributed by atoms with Crippen molar-refractivity contribution in [2.75, 3.05) is 38.5 Å². The summed E-state index contributed by atoms with van der Waals surface area (Å²) in [5, 5.41) is 2.61. The van der Waals surface area contributed by atoms with E-state index in [0.717, 1.165) is 25.2 Å². The number of urea groups is 1. The number of amides is 2. The first kappa shape index (κ1) is 14.6. The number of nitrogens with one attached hydrogen (secondary N) is 1. The van der Waals surface area contributed by atoms with Crippen molar-refractivity contribution in [3.63, 3.8) is 0 Å². The number of benzene rings is 1. The fraction of sp³-hybridized carbons (Fsp3) is 0.462. The number of alkyl halides is 3. The third-order valence-corrected chi connectivity index (χ3v) is 3.25. The van der Waals surface area contributed by atoms with E-state index in [9.17, 15) is 18.0 Å². The molecule has 0 radical (unpaired) electrons. The van der Waals surface area contributed by atoms with E-state index in [0.29, 0.717) is 18.8 Å². The molecule has 2 amide bonds. The molecule has 4 nitrogen and oxygen atoms in total. The maximum absolute atomic E-state index is 12.4. The predicted molar refractivity (Wildman–Crippen MR) is 69.5 cm³/mol. The van der Waals surface area contributed by atoms with E-state index >= 15 is 0 Å². The second-order valence-corrected chi connectivity index (χ2v) is 4.80. The number of hydrogen-bond acceptors (Lipinski definition) is 2. The van der Waals surface area contributed by atoms with Gasteiger partial charge in [-0.1, -0.05) is 0 Å². The summed E-state index contributed by atoms with van der Waals surface area (Å²) < 4.78 is 37.2. The van der Waals surface area contributed by atoms with Gasteiger partial charge in [-0.2, -0.15) is 13.2 Å². The SMILES string of the molecule is CN1CCN(C(=O)Nc2ccc(C(F)(F)F)cc2)CC1. The largest absolute Gasteiger partial charge is 0.416 e. The van der Waals surface area contributed by atoms with Crippen molar-refractivity contribution >= 4 is 11.7 Å². The minimum Gasteiger partial charge on any atom is -0.322 e. The number of anilines is 1. The second kappa shape index (κ2) is 5.70. The fourth-order valence-corrected chi connectivity index (χ4v) is 1.95. The molecule has 1 fully saturated rings. The molecule has 1 heterocycles. The summed E-state index contributed by atoms with van der Waals surface area (Å²) in [6, 6.07) is 4.16. The highest BCUT2D eigenvalue weighted by Gasteiger charge is 2.30. The van der Waals surface area contributed by atoms with Gasteiger partial charge in [0, 0.05) is 31.9 Å². The molecular weight excluding hydrogens is 271 g/mol. The average molecular weight is 287 g/mol. The number of nitrogens with zero attached hydrogens (tertiary/aromatic N) is 2. The highest BCUT2D eigenvalue weighted by Crippen LogP contribution is 2.29. The third-order valence-electron chi connectivity index (χ3n) is 3.25. The standard InChI is InChI=1S/C13H16F3N3O/c1-18-6-8-19(9-7-18)12(20)17-11-4-2-10(3-5-11)13(14,15)16/h2-5H,6-9H2,1H3,(H,17,20). The van der Waals surface area contributed by atoms with Gasteiger partial charge in [0.25, 0.3) is 0 Å². The Bertz CT molecular complexity index is 465. The van der Waals surface area contributed by atoms with Gasteiger partial charge in [-0.15, -0.1) is 0 Å². The zero-order valence-corrected chi connectivity index (χ0v) is 11.1. The molecule has 110 valence electrons. The maximum Gasteiger partial charge on any atom is 0.416 e. The first-order chi connectivity index (χ1) is 9.36. The molecule has 0 aromatic heterocycles. The van der Waals surface area contributed by atoms with Crippen molar-refractivity contribution < 1.29 is 18.0 Å². The van der Waals surface area contributed by atoms with Gasteiger partial charge in [0.1, 0.15) is 0 Å². The van der Waals surface area contributed by atoms with E-state index in [1.165, 1.54) is 12.1 Å². The number of carbonyl (C=O) groups is 1. The molecule has 1 aromatic carbocycles. The second-order valence-electron chi connectivity index (χ2n) is 4.80. The number of likely N-dealkylation sites (N-methyl/N-ethyl adjacent to an activating group) is 1. The lowest BCUT2D eigenvalue weighted by atomic mass is 10.2. The minimum atomic E-state index is -4.36. The van der Waals surface area contributed by atoms with Crippen LogP contribution in [-0.4, -0.2) is 49.1 Å². The molecule has 0 bridgehead atoms. The quantitative estimate of drug-likeness (QED) is 0.861. The smallest absolute Gasteiger partial charge is 0.322 e. The Morgan fingerprint density at radius 1 is 1.10 bits per heavy atom. The van der Waals surface area contributed by atoms with Crippen LogP contribution in [0.3, 0.4) is 0 Å². The Balaban J connectivity index is 1.94. The Kier molecular flexibility index (Phi) is 4.17. The first-order valence-corrected chi connectivity index (χ1v) is 6.28. The van der Waals surface area contributed by atoms with Crippen LogP contribution in [0.15, 0.2) is 24.3 Å². The van der Waals surface area contributed by atoms with Crippen molar-refractivity contribution in [1.29, 1.82) is 0 Å². The van der Waals surface area contributed by atoms with Crippen LogP contribution in [0.1, 0.15) is 5.56 Å². The topological polar surface area (TPSA) is 35.6 Å². The highest BCUT2D eigenvalue weighted by atomic mass is 19.4.